The van der Waals surface area contributed by atoms with Crippen LogP contribution in [0.25, 0.3) is 0 Å². The van der Waals surface area contributed by atoms with Crippen molar-refractivity contribution < 1.29 is 42.7 Å². The van der Waals surface area contributed by atoms with Crippen LogP contribution >= 0.6 is 0 Å². The van der Waals surface area contributed by atoms with Crippen LogP contribution < -0.4 is 21.1 Å². The molecule has 0 unspecified atom stereocenters. The van der Waals surface area contributed by atoms with Crippen molar-refractivity contribution in [2.45, 2.75) is 59.2 Å². The monoisotopic (exact) mass is 666 g/mol. The number of benzene rings is 2. The smallest absolute Gasteiger partial charge is 0.422 e. The molecule has 2 aromatic rings. The van der Waals surface area contributed by atoms with Crippen molar-refractivity contribution in [1.82, 2.24) is 15.7 Å². The first-order valence-electron chi connectivity index (χ1n) is 14.8. The molecule has 0 atom stereocenters. The van der Waals surface area contributed by atoms with Gasteiger partial charge in [0.25, 0.3) is 17.7 Å². The lowest BCUT2D eigenvalue weighted by molar-refractivity contribution is -0.0200. The molecular formula is C32H40N5O9Si. The van der Waals surface area contributed by atoms with Crippen LogP contribution in [-0.4, -0.2) is 80.2 Å². The molecule has 0 saturated heterocycles. The molecule has 1 heterocycles. The molecule has 0 aromatic heterocycles. The molecule has 0 aliphatic carbocycles. The summed E-state index contributed by atoms with van der Waals surface area (Å²) < 4.78 is 22.1. The zero-order valence-electron chi connectivity index (χ0n) is 27.2. The van der Waals surface area contributed by atoms with E-state index in [9.17, 15) is 24.0 Å². The molecule has 4 N–H and O–H groups in total. The van der Waals surface area contributed by atoms with Crippen LogP contribution in [0, 0.1) is 0 Å². The second kappa shape index (κ2) is 16.0. The molecule has 3 rings (SSSR count). The summed E-state index contributed by atoms with van der Waals surface area (Å²) in [6.07, 6.45) is 2.35. The third kappa shape index (κ3) is 11.4. The lowest BCUT2D eigenvalue weighted by atomic mass is 10.1. The molecule has 0 spiro atoms. The third-order valence-electron chi connectivity index (χ3n) is 5.87. The number of nitrogens with one attached hydrogen (secondary N) is 2. The van der Waals surface area contributed by atoms with Gasteiger partial charge in [-0.1, -0.05) is 12.1 Å². The topological polar surface area (TPSA) is 188 Å². The Kier molecular flexibility index (Phi) is 12.4. The van der Waals surface area contributed by atoms with E-state index in [1.54, 1.807) is 53.7 Å². The van der Waals surface area contributed by atoms with E-state index in [4.69, 9.17) is 24.5 Å². The molecule has 1 aliphatic heterocycles. The maximum absolute atomic E-state index is 13.0. The summed E-state index contributed by atoms with van der Waals surface area (Å²) in [5.74, 6) is -1.52. The van der Waals surface area contributed by atoms with Crippen LogP contribution in [0.15, 0.2) is 65.4 Å². The number of hydrogen-bond acceptors (Lipinski definition) is 11. The quantitative estimate of drug-likeness (QED) is 0.123. The largest absolute Gasteiger partial charge is 0.494 e. The fourth-order valence-corrected chi connectivity index (χ4v) is 5.18. The van der Waals surface area contributed by atoms with Gasteiger partial charge in [0.15, 0.2) is 0 Å². The van der Waals surface area contributed by atoms with Gasteiger partial charge in [0.2, 0.25) is 0 Å². The van der Waals surface area contributed by atoms with E-state index in [0.717, 1.165) is 0 Å². The Balaban J connectivity index is 1.54. The Hall–Kier alpha value is -5.02. The second-order valence-corrected chi connectivity index (χ2v) is 13.9. The normalized spacial score (nSPS) is 13.5. The maximum Gasteiger partial charge on any atom is 0.422 e. The highest BCUT2D eigenvalue weighted by Gasteiger charge is 2.42. The number of hydroxylamine groups is 2. The molecule has 14 nitrogen and oxygen atoms in total. The lowest BCUT2D eigenvalue weighted by Gasteiger charge is -2.24. The molecule has 2 aromatic carbocycles. The van der Waals surface area contributed by atoms with Crippen molar-refractivity contribution in [2.24, 2.45) is 10.7 Å². The molecule has 1 aliphatic rings. The van der Waals surface area contributed by atoms with E-state index in [-0.39, 0.29) is 28.6 Å². The summed E-state index contributed by atoms with van der Waals surface area (Å²) in [7, 11) is -2.73. The van der Waals surface area contributed by atoms with E-state index < -0.39 is 49.6 Å². The number of nitrogens with two attached hydrogens (primary N) is 1. The molecular weight excluding hydrogens is 626 g/mol. The highest BCUT2D eigenvalue weighted by atomic mass is 28.3. The number of alkyl carbamates (subject to hydrolysis) is 1. The number of ether oxygens (including phenoxy) is 3. The number of carbonyl (C=O) groups excluding carboxylic acids is 5. The molecule has 251 valence electrons. The zero-order valence-corrected chi connectivity index (χ0v) is 28.2. The molecule has 0 fully saturated rings. The molecule has 0 bridgehead atoms. The first-order valence-corrected chi connectivity index (χ1v) is 16.4. The molecule has 0 saturated carbocycles. The van der Waals surface area contributed by atoms with Gasteiger partial charge in [-0.2, -0.15) is 5.06 Å². The van der Waals surface area contributed by atoms with E-state index in [0.29, 0.717) is 30.3 Å². The Labute approximate surface area is 275 Å². The number of imide groups is 1. The van der Waals surface area contributed by atoms with E-state index in [1.807, 2.05) is 0 Å². The van der Waals surface area contributed by atoms with Gasteiger partial charge in [-0.05, 0) is 84.4 Å². The predicted octanol–water partition coefficient (Wildman–Crippen LogP) is 3.86. The first kappa shape index (κ1) is 36.4. The number of aliphatic imine (C=N–C) groups is 1. The van der Waals surface area contributed by atoms with Gasteiger partial charge in [0, 0.05) is 31.1 Å². The SMILES string of the molecule is CC(C)(C)OC(=O)NCCCN=CC(=CN)NC(=O)c1ccc(OC[Si](ON2C(=O)c3ccccc3C2=O)C(=O)OC(C)(C)C)cc1. The van der Waals surface area contributed by atoms with Crippen LogP contribution in [0.3, 0.4) is 0 Å². The number of carbonyl (C=O) groups is 5. The highest BCUT2D eigenvalue weighted by molar-refractivity contribution is 6.84. The average molecular weight is 667 g/mol. The van der Waals surface area contributed by atoms with E-state index in [1.165, 1.54) is 48.8 Å². The minimum Gasteiger partial charge on any atom is -0.494 e. The Morgan fingerprint density at radius 1 is 0.915 bits per heavy atom. The Bertz CT molecular complexity index is 1490. The van der Waals surface area contributed by atoms with Crippen molar-refractivity contribution in [1.29, 1.82) is 0 Å². The predicted molar refractivity (Wildman–Crippen MR) is 174 cm³/mol. The number of nitrogens with zero attached hydrogens (tertiary/aromatic N) is 2. The molecule has 4 amide bonds. The standard InChI is InChI=1S/C32H40N5O9Si/c1-31(2,3)44-29(41)35-17-9-16-34-19-22(18-33)36-26(38)21-12-14-23(15-13-21)43-20-47(30(42)45-32(4,5)6)46-37-27(39)24-10-7-8-11-25(24)28(37)40/h7-8,10-15,18-19H,9,16-17,20,33H2,1-6H3,(H,35,41)(H,36,38). The number of rotatable bonds is 13. The van der Waals surface area contributed by atoms with Gasteiger partial charge in [-0.25, -0.2) is 4.79 Å². The summed E-state index contributed by atoms with van der Waals surface area (Å²) in [4.78, 5) is 67.3. The summed E-state index contributed by atoms with van der Waals surface area (Å²) >= 11 is 0. The highest BCUT2D eigenvalue weighted by Crippen LogP contribution is 2.24. The number of hydrogen-bond donors (Lipinski definition) is 3. The second-order valence-electron chi connectivity index (χ2n) is 12.2. The van der Waals surface area contributed by atoms with E-state index in [2.05, 4.69) is 15.6 Å². The van der Waals surface area contributed by atoms with Gasteiger partial charge in [0.05, 0.1) is 16.8 Å². The van der Waals surface area contributed by atoms with Crippen molar-refractivity contribution in [3.05, 3.63) is 77.1 Å². The minimum absolute atomic E-state index is 0.171. The molecule has 47 heavy (non-hydrogen) atoms. The lowest BCUT2D eigenvalue weighted by Crippen LogP contribution is -2.47. The van der Waals surface area contributed by atoms with Crippen molar-refractivity contribution >= 4 is 44.7 Å². The van der Waals surface area contributed by atoms with E-state index >= 15 is 0 Å². The number of amides is 4. The van der Waals surface area contributed by atoms with Crippen LogP contribution in [0.1, 0.15) is 79.0 Å². The zero-order chi connectivity index (χ0) is 34.8. The molecule has 1 radical (unpaired) electrons. The molecule has 15 heteroatoms. The summed E-state index contributed by atoms with van der Waals surface area (Å²) in [5.41, 5.74) is 4.36. The van der Waals surface area contributed by atoms with Crippen molar-refractivity contribution in [2.75, 3.05) is 19.3 Å². The van der Waals surface area contributed by atoms with Gasteiger partial charge < -0.3 is 30.6 Å². The van der Waals surface area contributed by atoms with Crippen LogP contribution in [-0.2, 0) is 14.0 Å². The fourth-order valence-electron chi connectivity index (χ4n) is 3.83. The average Bonchev–Trinajstić information content (AvgIpc) is 3.23. The minimum atomic E-state index is -2.73. The number of allylic oxidation sites excluding steroid dienone is 1. The van der Waals surface area contributed by atoms with Gasteiger partial charge in [-0.3, -0.25) is 28.7 Å². The third-order valence-corrected chi connectivity index (χ3v) is 7.24. The van der Waals surface area contributed by atoms with Gasteiger partial charge in [0.1, 0.15) is 23.2 Å². The van der Waals surface area contributed by atoms with Crippen molar-refractivity contribution in [3.8, 4) is 5.75 Å². The van der Waals surface area contributed by atoms with Crippen LogP contribution in [0.5, 0.6) is 5.75 Å². The number of fused-ring (bicyclic) bond motifs is 1. The Morgan fingerprint density at radius 2 is 1.51 bits per heavy atom. The first-order chi connectivity index (χ1) is 22.1. The van der Waals surface area contributed by atoms with Gasteiger partial charge in [-0.15, -0.1) is 0 Å². The summed E-state index contributed by atoms with van der Waals surface area (Å²) in [5, 5.41) is 5.87. The van der Waals surface area contributed by atoms with Gasteiger partial charge >= 0.3 is 20.7 Å². The van der Waals surface area contributed by atoms with Crippen molar-refractivity contribution in [3.63, 3.8) is 0 Å². The van der Waals surface area contributed by atoms with Crippen LogP contribution in [0.4, 0.5) is 9.59 Å². The Morgan fingerprint density at radius 3 is 2.06 bits per heavy atom. The summed E-state index contributed by atoms with van der Waals surface area (Å²) in [6, 6.07) is 12.3. The summed E-state index contributed by atoms with van der Waals surface area (Å²) in [6.45, 7) is 11.1. The van der Waals surface area contributed by atoms with Crippen LogP contribution in [0.2, 0.25) is 0 Å². The maximum atomic E-state index is 13.0. The fraction of sp³-hybridized carbons (Fsp3) is 0.375.